The second kappa shape index (κ2) is 11.4. The number of rotatable bonds is 12. The first-order chi connectivity index (χ1) is 9.52. The topological polar surface area (TPSA) is 92.7 Å². The van der Waals surface area contributed by atoms with Gasteiger partial charge in [0.1, 0.15) is 6.29 Å². The molecule has 6 heteroatoms. The predicted octanol–water partition coefficient (Wildman–Crippen LogP) is 1.24. The van der Waals surface area contributed by atoms with Crippen molar-refractivity contribution >= 4 is 18.2 Å². The average molecular weight is 287 g/mol. The Hall–Kier alpha value is -1.43. The third-order valence-corrected chi connectivity index (χ3v) is 3.10. The minimum Gasteiger partial charge on any atom is -0.481 e. The van der Waals surface area contributed by atoms with Gasteiger partial charge in [-0.15, -0.1) is 0 Å². The number of hydrogen-bond acceptors (Lipinski definition) is 4. The van der Waals surface area contributed by atoms with Crippen LogP contribution in [0.5, 0.6) is 0 Å². The van der Waals surface area contributed by atoms with E-state index in [2.05, 4.69) is 5.32 Å². The molecule has 2 N–H and O–H groups in total. The van der Waals surface area contributed by atoms with E-state index in [1.165, 1.54) is 0 Å². The van der Waals surface area contributed by atoms with Crippen LogP contribution in [0.1, 0.15) is 39.5 Å². The van der Waals surface area contributed by atoms with Crippen LogP contribution < -0.4 is 5.32 Å². The fourth-order valence-corrected chi connectivity index (χ4v) is 1.96. The first-order valence-corrected chi connectivity index (χ1v) is 7.03. The summed E-state index contributed by atoms with van der Waals surface area (Å²) in [7, 11) is 0. The normalized spacial score (nSPS) is 13.5. The number of carbonyl (C=O) groups is 3. The molecule has 0 aliphatic carbocycles. The third kappa shape index (κ3) is 8.63. The summed E-state index contributed by atoms with van der Waals surface area (Å²) in [5.74, 6) is -1.87. The highest BCUT2D eigenvalue weighted by molar-refractivity contribution is 5.82. The Balaban J connectivity index is 3.95. The molecule has 1 amide bonds. The molecular formula is C14H25NO5. The minimum absolute atomic E-state index is 0.00909. The first kappa shape index (κ1) is 18.6. The maximum absolute atomic E-state index is 11.7. The van der Waals surface area contributed by atoms with Gasteiger partial charge in [0.05, 0.1) is 19.1 Å². The third-order valence-electron chi connectivity index (χ3n) is 3.10. The number of ether oxygens (including phenoxy) is 1. The molecule has 0 saturated heterocycles. The van der Waals surface area contributed by atoms with Gasteiger partial charge in [-0.3, -0.25) is 9.59 Å². The van der Waals surface area contributed by atoms with Gasteiger partial charge in [0.15, 0.2) is 0 Å². The molecule has 0 aromatic carbocycles. The van der Waals surface area contributed by atoms with Crippen molar-refractivity contribution < 1.29 is 24.2 Å². The zero-order valence-electron chi connectivity index (χ0n) is 12.3. The zero-order chi connectivity index (χ0) is 15.4. The van der Waals surface area contributed by atoms with Gasteiger partial charge in [0.25, 0.3) is 0 Å². The Morgan fingerprint density at radius 2 is 2.05 bits per heavy atom. The van der Waals surface area contributed by atoms with E-state index in [0.29, 0.717) is 26.2 Å². The van der Waals surface area contributed by atoms with Crippen LogP contribution in [0.15, 0.2) is 0 Å². The van der Waals surface area contributed by atoms with Gasteiger partial charge in [-0.1, -0.05) is 26.7 Å². The quantitative estimate of drug-likeness (QED) is 0.416. The van der Waals surface area contributed by atoms with Crippen LogP contribution in [0.4, 0.5) is 0 Å². The molecule has 116 valence electrons. The maximum Gasteiger partial charge on any atom is 0.307 e. The molecule has 0 spiro atoms. The lowest BCUT2D eigenvalue weighted by Crippen LogP contribution is -2.33. The number of nitrogens with one attached hydrogen (secondary N) is 1. The van der Waals surface area contributed by atoms with Crippen molar-refractivity contribution in [2.24, 2.45) is 11.8 Å². The molecule has 0 radical (unpaired) electrons. The Morgan fingerprint density at radius 1 is 1.35 bits per heavy atom. The molecule has 0 rings (SSSR count). The Labute approximate surface area is 119 Å². The highest BCUT2D eigenvalue weighted by Crippen LogP contribution is 2.20. The highest BCUT2D eigenvalue weighted by Gasteiger charge is 2.26. The summed E-state index contributed by atoms with van der Waals surface area (Å²) < 4.78 is 5.10. The minimum atomic E-state index is -0.927. The Bertz CT molecular complexity index is 306. The molecule has 0 aliphatic rings. The molecule has 0 saturated carbocycles. The fraction of sp³-hybridized carbons (Fsp3) is 0.786. The summed E-state index contributed by atoms with van der Waals surface area (Å²) in [6.07, 6.45) is 2.79. The summed E-state index contributed by atoms with van der Waals surface area (Å²) in [5, 5.41) is 11.8. The van der Waals surface area contributed by atoms with E-state index in [-0.39, 0.29) is 18.2 Å². The first-order valence-electron chi connectivity index (χ1n) is 7.03. The molecule has 0 aromatic rings. The van der Waals surface area contributed by atoms with Gasteiger partial charge in [-0.25, -0.2) is 0 Å². The lowest BCUT2D eigenvalue weighted by Gasteiger charge is -2.19. The van der Waals surface area contributed by atoms with E-state index in [4.69, 9.17) is 9.84 Å². The summed E-state index contributed by atoms with van der Waals surface area (Å²) in [5.41, 5.74) is 0. The lowest BCUT2D eigenvalue weighted by atomic mass is 9.87. The predicted molar refractivity (Wildman–Crippen MR) is 74.3 cm³/mol. The number of carboxylic acids is 1. The molecule has 0 aromatic heterocycles. The summed E-state index contributed by atoms with van der Waals surface area (Å²) >= 11 is 0. The van der Waals surface area contributed by atoms with Crippen molar-refractivity contribution in [1.29, 1.82) is 0 Å². The van der Waals surface area contributed by atoms with E-state index in [1.54, 1.807) is 0 Å². The second-order valence-corrected chi connectivity index (χ2v) is 4.83. The number of carbonyl (C=O) groups excluding carboxylic acids is 2. The number of hydrogen-bond donors (Lipinski definition) is 2. The fourth-order valence-electron chi connectivity index (χ4n) is 1.96. The average Bonchev–Trinajstić information content (AvgIpc) is 2.39. The molecule has 0 fully saturated rings. The van der Waals surface area contributed by atoms with Crippen molar-refractivity contribution in [3.8, 4) is 0 Å². The zero-order valence-corrected chi connectivity index (χ0v) is 12.3. The van der Waals surface area contributed by atoms with Crippen molar-refractivity contribution in [1.82, 2.24) is 5.32 Å². The van der Waals surface area contributed by atoms with E-state index < -0.39 is 11.9 Å². The second-order valence-electron chi connectivity index (χ2n) is 4.83. The molecule has 2 atom stereocenters. The molecule has 6 nitrogen and oxygen atoms in total. The van der Waals surface area contributed by atoms with Crippen LogP contribution in [-0.2, 0) is 19.1 Å². The smallest absolute Gasteiger partial charge is 0.307 e. The summed E-state index contributed by atoms with van der Waals surface area (Å²) in [6, 6.07) is 0. The van der Waals surface area contributed by atoms with Gasteiger partial charge in [-0.2, -0.15) is 0 Å². The largest absolute Gasteiger partial charge is 0.481 e. The van der Waals surface area contributed by atoms with E-state index >= 15 is 0 Å². The molecule has 0 heterocycles. The van der Waals surface area contributed by atoms with Gasteiger partial charge in [-0.05, 0) is 5.92 Å². The number of amides is 1. The number of aldehydes is 1. The van der Waals surface area contributed by atoms with Gasteiger partial charge in [0, 0.05) is 19.4 Å². The van der Waals surface area contributed by atoms with E-state index in [9.17, 15) is 14.4 Å². The number of aliphatic carboxylic acids is 1. The van der Waals surface area contributed by atoms with E-state index in [0.717, 1.165) is 19.1 Å². The number of carboxylic acid groups (broad SMARTS) is 1. The van der Waals surface area contributed by atoms with Gasteiger partial charge >= 0.3 is 5.97 Å². The lowest BCUT2D eigenvalue weighted by molar-refractivity contribution is -0.146. The molecular weight excluding hydrogens is 262 g/mol. The van der Waals surface area contributed by atoms with Crippen molar-refractivity contribution in [3.05, 3.63) is 0 Å². The van der Waals surface area contributed by atoms with Crippen LogP contribution >= 0.6 is 0 Å². The van der Waals surface area contributed by atoms with Crippen LogP contribution in [-0.4, -0.2) is 43.0 Å². The molecule has 0 aliphatic heterocycles. The van der Waals surface area contributed by atoms with Crippen LogP contribution in [0.3, 0.4) is 0 Å². The molecule has 2 unspecified atom stereocenters. The van der Waals surface area contributed by atoms with Gasteiger partial charge in [0.2, 0.25) is 5.91 Å². The SMILES string of the molecule is CCCC(C)C(CC(=O)NCCOCCC=O)C(=O)O. The monoisotopic (exact) mass is 287 g/mol. The molecule has 0 bridgehead atoms. The summed E-state index contributed by atoms with van der Waals surface area (Å²) in [6.45, 7) is 4.84. The summed E-state index contributed by atoms with van der Waals surface area (Å²) in [4.78, 5) is 32.9. The van der Waals surface area contributed by atoms with Gasteiger partial charge < -0.3 is 20.0 Å². The van der Waals surface area contributed by atoms with Crippen LogP contribution in [0.25, 0.3) is 0 Å². The maximum atomic E-state index is 11.7. The van der Waals surface area contributed by atoms with Crippen LogP contribution in [0, 0.1) is 11.8 Å². The Kier molecular flexibility index (Phi) is 10.6. The molecule has 20 heavy (non-hydrogen) atoms. The standard InChI is InChI=1S/C14H25NO5/c1-3-5-11(2)12(14(18)19)10-13(17)15-6-9-20-8-4-7-16/h7,11-12H,3-6,8-10H2,1-2H3,(H,15,17)(H,18,19). The van der Waals surface area contributed by atoms with Crippen molar-refractivity contribution in [3.63, 3.8) is 0 Å². The van der Waals surface area contributed by atoms with Crippen molar-refractivity contribution in [2.75, 3.05) is 19.8 Å². The van der Waals surface area contributed by atoms with Crippen molar-refractivity contribution in [2.45, 2.75) is 39.5 Å². The Morgan fingerprint density at radius 3 is 2.60 bits per heavy atom. The highest BCUT2D eigenvalue weighted by atomic mass is 16.5. The van der Waals surface area contributed by atoms with Crippen LogP contribution in [0.2, 0.25) is 0 Å². The van der Waals surface area contributed by atoms with E-state index in [1.807, 2.05) is 13.8 Å².